The summed E-state index contributed by atoms with van der Waals surface area (Å²) in [6, 6.07) is 8.04. The van der Waals surface area contributed by atoms with Gasteiger partial charge >= 0.3 is 6.09 Å². The van der Waals surface area contributed by atoms with Crippen molar-refractivity contribution in [3.8, 4) is 10.4 Å². The molecular formula is C24H34N4O3S. The van der Waals surface area contributed by atoms with Crippen molar-refractivity contribution in [2.75, 3.05) is 6.54 Å². The normalized spacial score (nSPS) is 22.7. The van der Waals surface area contributed by atoms with Gasteiger partial charge in [-0.15, -0.1) is 11.3 Å². The molecule has 1 N–H and O–H groups in total. The Balaban J connectivity index is 0.00000141. The topological polar surface area (TPSA) is 76.1 Å². The largest absolute Gasteiger partial charge is 0.444 e. The van der Waals surface area contributed by atoms with Crippen LogP contribution in [-0.2, 0) is 15.3 Å². The van der Waals surface area contributed by atoms with Crippen molar-refractivity contribution in [3.05, 3.63) is 41.0 Å². The molecule has 2 unspecified atom stereocenters. The van der Waals surface area contributed by atoms with Gasteiger partial charge in [0.15, 0.2) is 0 Å². The number of amides is 1. The van der Waals surface area contributed by atoms with Gasteiger partial charge in [-0.1, -0.05) is 38.1 Å². The van der Waals surface area contributed by atoms with Crippen LogP contribution in [0.15, 0.2) is 34.8 Å². The number of carbonyl (C=O) groups excluding carboxylic acids is 1. The van der Waals surface area contributed by atoms with Gasteiger partial charge in [-0.05, 0) is 53.0 Å². The zero-order chi connectivity index (χ0) is 23.5. The molecule has 32 heavy (non-hydrogen) atoms. The quantitative estimate of drug-likeness (QED) is 0.643. The Labute approximate surface area is 194 Å². The maximum atomic E-state index is 12.6. The third-order valence-corrected chi connectivity index (χ3v) is 6.29. The van der Waals surface area contributed by atoms with Crippen LogP contribution in [0.25, 0.3) is 10.4 Å². The molecule has 3 heterocycles. The van der Waals surface area contributed by atoms with Crippen molar-refractivity contribution in [2.24, 2.45) is 4.99 Å². The van der Waals surface area contributed by atoms with E-state index < -0.39 is 11.3 Å². The van der Waals surface area contributed by atoms with Crippen molar-refractivity contribution in [3.63, 3.8) is 0 Å². The fourth-order valence-corrected chi connectivity index (χ4v) is 4.60. The Kier molecular flexibility index (Phi) is 7.25. The number of rotatable bonds is 3. The minimum atomic E-state index is -0.848. The zero-order valence-corrected chi connectivity index (χ0v) is 20.9. The number of aliphatic imine (C=N–C) groups is 1. The van der Waals surface area contributed by atoms with E-state index >= 15 is 0 Å². The van der Waals surface area contributed by atoms with Crippen LogP contribution in [0, 0.1) is 6.92 Å². The van der Waals surface area contributed by atoms with Gasteiger partial charge in [0.1, 0.15) is 11.4 Å². The second kappa shape index (κ2) is 9.58. The first kappa shape index (κ1) is 24.2. The minimum absolute atomic E-state index is 0.166. The van der Waals surface area contributed by atoms with E-state index in [1.165, 1.54) is 4.88 Å². The summed E-state index contributed by atoms with van der Waals surface area (Å²) in [7, 11) is 0. The van der Waals surface area contributed by atoms with Crippen LogP contribution in [0.2, 0.25) is 0 Å². The van der Waals surface area contributed by atoms with E-state index in [-0.39, 0.29) is 12.1 Å². The molecule has 0 bridgehead atoms. The number of aryl methyl sites for hydroxylation is 1. The first-order chi connectivity index (χ1) is 15.2. The first-order valence-electron chi connectivity index (χ1n) is 11.2. The van der Waals surface area contributed by atoms with Gasteiger partial charge in [0.25, 0.3) is 0 Å². The molecule has 8 heteroatoms. The monoisotopic (exact) mass is 458 g/mol. The fourth-order valence-electron chi connectivity index (χ4n) is 3.79. The van der Waals surface area contributed by atoms with E-state index in [4.69, 9.17) is 14.6 Å². The highest BCUT2D eigenvalue weighted by Gasteiger charge is 2.41. The average molecular weight is 459 g/mol. The SMILES string of the molecule is CC.Cc1ncsc1-c1ccc(C2(C)N=C(C3CCCN3C(=O)OC(C)(C)C)NO2)cc1. The number of hydroxylamine groups is 1. The molecule has 0 radical (unpaired) electrons. The molecule has 2 aromatic rings. The van der Waals surface area contributed by atoms with Gasteiger partial charge in [0, 0.05) is 12.1 Å². The number of nitrogens with one attached hydrogen (secondary N) is 1. The highest BCUT2D eigenvalue weighted by Crippen LogP contribution is 2.34. The molecule has 1 amide bonds. The second-order valence-corrected chi connectivity index (χ2v) is 9.71. The summed E-state index contributed by atoms with van der Waals surface area (Å²) in [6.45, 7) is 14.2. The summed E-state index contributed by atoms with van der Waals surface area (Å²) in [5.74, 6) is 0.670. The summed E-state index contributed by atoms with van der Waals surface area (Å²) in [6.07, 6.45) is 1.42. The molecule has 7 nitrogen and oxygen atoms in total. The van der Waals surface area contributed by atoms with Crippen LogP contribution in [0.4, 0.5) is 4.79 Å². The lowest BCUT2D eigenvalue weighted by atomic mass is 10.0. The predicted molar refractivity (Wildman–Crippen MR) is 129 cm³/mol. The number of carbonyl (C=O) groups is 1. The van der Waals surface area contributed by atoms with Gasteiger partial charge in [-0.2, -0.15) is 0 Å². The highest BCUT2D eigenvalue weighted by atomic mass is 32.1. The third-order valence-electron chi connectivity index (χ3n) is 5.31. The Bertz CT molecular complexity index is 964. The molecule has 1 aromatic carbocycles. The molecule has 2 aliphatic heterocycles. The van der Waals surface area contributed by atoms with Gasteiger partial charge in [0.2, 0.25) is 5.72 Å². The van der Waals surface area contributed by atoms with Crippen LogP contribution >= 0.6 is 11.3 Å². The summed E-state index contributed by atoms with van der Waals surface area (Å²) in [4.78, 5) is 30.6. The van der Waals surface area contributed by atoms with Crippen LogP contribution in [0.1, 0.15) is 65.6 Å². The summed E-state index contributed by atoms with van der Waals surface area (Å²) >= 11 is 1.63. The number of hydrogen-bond acceptors (Lipinski definition) is 7. The standard InChI is InChI=1S/C22H28N4O3S.C2H6/c1-14-18(30-13-23-14)15-8-10-16(11-9-15)22(5)24-19(25-29-22)17-7-6-12-26(17)20(27)28-21(2,3)4;1-2/h8-11,13,17H,6-7,12H2,1-5H3,(H,24,25);1-2H3. The molecule has 4 rings (SSSR count). The van der Waals surface area contributed by atoms with Crippen molar-refractivity contribution in [1.82, 2.24) is 15.4 Å². The number of nitrogens with zero attached hydrogens (tertiary/aromatic N) is 3. The molecule has 174 valence electrons. The second-order valence-electron chi connectivity index (χ2n) is 8.86. The van der Waals surface area contributed by atoms with Crippen LogP contribution < -0.4 is 5.48 Å². The third kappa shape index (κ3) is 5.13. The molecule has 0 spiro atoms. The molecule has 2 aliphatic rings. The fraction of sp³-hybridized carbons (Fsp3) is 0.542. The molecule has 0 aliphatic carbocycles. The lowest BCUT2D eigenvalue weighted by Gasteiger charge is -2.28. The van der Waals surface area contributed by atoms with E-state index in [0.29, 0.717) is 12.4 Å². The maximum absolute atomic E-state index is 12.6. The van der Waals surface area contributed by atoms with Crippen LogP contribution in [-0.4, -0.2) is 40.0 Å². The minimum Gasteiger partial charge on any atom is -0.444 e. The highest BCUT2D eigenvalue weighted by molar-refractivity contribution is 7.13. The molecule has 0 saturated carbocycles. The maximum Gasteiger partial charge on any atom is 0.410 e. The number of benzene rings is 1. The van der Waals surface area contributed by atoms with E-state index in [1.54, 1.807) is 16.2 Å². The van der Waals surface area contributed by atoms with Crippen molar-refractivity contribution in [1.29, 1.82) is 0 Å². The van der Waals surface area contributed by atoms with Gasteiger partial charge in [0.05, 0.1) is 22.1 Å². The van der Waals surface area contributed by atoms with E-state index in [1.807, 2.05) is 66.1 Å². The van der Waals surface area contributed by atoms with Crippen molar-refractivity contribution < 1.29 is 14.4 Å². The number of thiazole rings is 1. The summed E-state index contributed by atoms with van der Waals surface area (Å²) in [5, 5.41) is 0. The summed E-state index contributed by atoms with van der Waals surface area (Å²) in [5.41, 5.74) is 6.56. The zero-order valence-electron chi connectivity index (χ0n) is 20.1. The van der Waals surface area contributed by atoms with Gasteiger partial charge in [-0.3, -0.25) is 4.90 Å². The molecule has 2 atom stereocenters. The molecule has 1 saturated heterocycles. The Morgan fingerprint density at radius 2 is 1.97 bits per heavy atom. The first-order valence-corrected chi connectivity index (χ1v) is 12.1. The molecule has 1 aromatic heterocycles. The smallest absolute Gasteiger partial charge is 0.410 e. The van der Waals surface area contributed by atoms with E-state index in [2.05, 4.69) is 22.6 Å². The number of amidine groups is 1. The van der Waals surface area contributed by atoms with Gasteiger partial charge in [-0.25, -0.2) is 25.1 Å². The van der Waals surface area contributed by atoms with E-state index in [9.17, 15) is 4.79 Å². The predicted octanol–water partition coefficient (Wildman–Crippen LogP) is 5.65. The molecular weight excluding hydrogens is 424 g/mol. The Morgan fingerprint density at radius 1 is 1.28 bits per heavy atom. The number of ether oxygens (including phenoxy) is 1. The van der Waals surface area contributed by atoms with Crippen molar-refractivity contribution in [2.45, 2.75) is 78.7 Å². The van der Waals surface area contributed by atoms with Crippen molar-refractivity contribution >= 4 is 23.3 Å². The lowest BCUT2D eigenvalue weighted by Crippen LogP contribution is -2.46. The lowest BCUT2D eigenvalue weighted by molar-refractivity contribution is -0.0462. The Hall–Kier alpha value is -2.45. The van der Waals surface area contributed by atoms with E-state index in [0.717, 1.165) is 29.7 Å². The summed E-state index contributed by atoms with van der Waals surface area (Å²) < 4.78 is 5.57. The number of hydrogen-bond donors (Lipinski definition) is 1. The van der Waals surface area contributed by atoms with Crippen LogP contribution in [0.5, 0.6) is 0 Å². The number of likely N-dealkylation sites (tertiary alicyclic amines) is 1. The number of aromatic nitrogens is 1. The Morgan fingerprint density at radius 3 is 2.56 bits per heavy atom. The van der Waals surface area contributed by atoms with Crippen LogP contribution in [0.3, 0.4) is 0 Å². The average Bonchev–Trinajstić information content (AvgIpc) is 3.48. The van der Waals surface area contributed by atoms with Gasteiger partial charge < -0.3 is 4.74 Å². The molecule has 1 fully saturated rings.